The lowest BCUT2D eigenvalue weighted by Gasteiger charge is -2.60. The molecule has 0 heterocycles. The van der Waals surface area contributed by atoms with Crippen molar-refractivity contribution >= 4 is 17.5 Å². The Kier molecular flexibility index (Phi) is 6.90. The standard InChI is InChI=1S/C27H39NO7/c1-5-28(6-2)14-23(33)35-22-12-17(30)11-16-7-8-18-19-9-10-27(34,21(32)15-29)25(19,3)13-20(31)24(18)26(16,22)4/h11-12,18-20,24,29,31,34H,5-10,13-15H2,1-4H3/t18-,19-,20-,24+,25-,26+,27-/m0/s1. The van der Waals surface area contributed by atoms with Crippen LogP contribution in [0.4, 0.5) is 0 Å². The third-order valence-electron chi connectivity index (χ3n) is 9.86. The van der Waals surface area contributed by atoms with Crippen molar-refractivity contribution in [2.45, 2.75) is 71.5 Å². The first-order valence-electron chi connectivity index (χ1n) is 12.9. The topological polar surface area (TPSA) is 124 Å². The summed E-state index contributed by atoms with van der Waals surface area (Å²) in [6.45, 7) is 8.52. The van der Waals surface area contributed by atoms with E-state index in [9.17, 15) is 29.7 Å². The Balaban J connectivity index is 1.69. The molecule has 3 saturated carbocycles. The van der Waals surface area contributed by atoms with E-state index in [1.165, 1.54) is 6.08 Å². The summed E-state index contributed by atoms with van der Waals surface area (Å²) in [6, 6.07) is 0. The number of esters is 1. The largest absolute Gasteiger partial charge is 0.429 e. The molecule has 8 nitrogen and oxygen atoms in total. The van der Waals surface area contributed by atoms with Crippen molar-refractivity contribution in [1.29, 1.82) is 0 Å². The second-order valence-electron chi connectivity index (χ2n) is 11.2. The van der Waals surface area contributed by atoms with Crippen LogP contribution < -0.4 is 0 Å². The van der Waals surface area contributed by atoms with Crippen molar-refractivity contribution in [1.82, 2.24) is 4.90 Å². The van der Waals surface area contributed by atoms with Gasteiger partial charge < -0.3 is 20.1 Å². The number of carbonyl (C=O) groups excluding carboxylic acids is 3. The van der Waals surface area contributed by atoms with Crippen molar-refractivity contribution in [2.75, 3.05) is 26.2 Å². The van der Waals surface area contributed by atoms with Gasteiger partial charge in [-0.1, -0.05) is 26.3 Å². The number of rotatable bonds is 7. The fraction of sp³-hybridized carbons (Fsp3) is 0.741. The molecule has 35 heavy (non-hydrogen) atoms. The Morgan fingerprint density at radius 3 is 2.49 bits per heavy atom. The molecule has 8 heteroatoms. The fourth-order valence-corrected chi connectivity index (χ4v) is 7.91. The summed E-state index contributed by atoms with van der Waals surface area (Å²) in [5.41, 5.74) is -2.51. The average Bonchev–Trinajstić information content (AvgIpc) is 3.08. The number of nitrogens with zero attached hydrogens (tertiary/aromatic N) is 1. The quantitative estimate of drug-likeness (QED) is 0.462. The smallest absolute Gasteiger partial charge is 0.325 e. The van der Waals surface area contributed by atoms with Gasteiger partial charge in [-0.25, -0.2) is 0 Å². The molecule has 0 radical (unpaired) electrons. The molecule has 194 valence electrons. The van der Waals surface area contributed by atoms with Gasteiger partial charge in [0.25, 0.3) is 0 Å². The third kappa shape index (κ3) is 3.84. The van der Waals surface area contributed by atoms with E-state index in [0.29, 0.717) is 32.4 Å². The molecule has 0 aromatic heterocycles. The van der Waals surface area contributed by atoms with Crippen molar-refractivity contribution in [3.63, 3.8) is 0 Å². The number of aliphatic hydroxyl groups is 3. The van der Waals surface area contributed by atoms with E-state index in [1.54, 1.807) is 6.08 Å². The molecule has 0 aromatic carbocycles. The first-order valence-corrected chi connectivity index (χ1v) is 12.9. The van der Waals surface area contributed by atoms with Gasteiger partial charge in [-0.2, -0.15) is 0 Å². The molecule has 0 spiro atoms. The van der Waals surface area contributed by atoms with Gasteiger partial charge in [-0.3, -0.25) is 19.3 Å². The lowest BCUT2D eigenvalue weighted by molar-refractivity contribution is -0.182. The molecule has 3 fully saturated rings. The van der Waals surface area contributed by atoms with Crippen LogP contribution in [0.3, 0.4) is 0 Å². The van der Waals surface area contributed by atoms with Crippen LogP contribution in [0.25, 0.3) is 0 Å². The number of likely N-dealkylation sites (N-methyl/N-ethyl adjacent to an activating group) is 1. The van der Waals surface area contributed by atoms with Crippen molar-refractivity contribution in [2.24, 2.45) is 28.6 Å². The zero-order valence-corrected chi connectivity index (χ0v) is 21.2. The van der Waals surface area contributed by atoms with Crippen molar-refractivity contribution in [3.05, 3.63) is 23.5 Å². The molecule has 0 unspecified atom stereocenters. The van der Waals surface area contributed by atoms with Gasteiger partial charge in [-0.15, -0.1) is 0 Å². The predicted octanol–water partition coefficient (Wildman–Crippen LogP) is 1.77. The third-order valence-corrected chi connectivity index (χ3v) is 9.86. The summed E-state index contributed by atoms with van der Waals surface area (Å²) in [7, 11) is 0. The first-order chi connectivity index (χ1) is 16.5. The van der Waals surface area contributed by atoms with E-state index in [-0.39, 0.29) is 48.7 Å². The van der Waals surface area contributed by atoms with Crippen LogP contribution in [0.5, 0.6) is 0 Å². The predicted molar refractivity (Wildman–Crippen MR) is 128 cm³/mol. The Hall–Kier alpha value is -1.87. The number of ketones is 2. The molecule has 0 amide bonds. The zero-order valence-electron chi connectivity index (χ0n) is 21.2. The maximum Gasteiger partial charge on any atom is 0.325 e. The maximum absolute atomic E-state index is 12.8. The SMILES string of the molecule is CCN(CC)CC(=O)OC1=CC(=O)C=C2CC[C@@H]3[C@H]([C@@H](O)C[C@@]4(C)[C@H]3CC[C@]4(O)C(=O)CO)[C@]21C. The van der Waals surface area contributed by atoms with Crippen LogP contribution in [0.1, 0.15) is 59.8 Å². The van der Waals surface area contributed by atoms with Crippen LogP contribution in [0.15, 0.2) is 23.5 Å². The molecule has 4 rings (SSSR count). The number of allylic oxidation sites excluding steroid dienone is 3. The van der Waals surface area contributed by atoms with Crippen LogP contribution in [0.2, 0.25) is 0 Å². The number of carbonyl (C=O) groups is 3. The van der Waals surface area contributed by atoms with Crippen molar-refractivity contribution in [3.8, 4) is 0 Å². The number of hydrogen-bond acceptors (Lipinski definition) is 8. The normalized spacial score (nSPS) is 40.4. The van der Waals surface area contributed by atoms with Crippen LogP contribution in [0, 0.1) is 28.6 Å². The first kappa shape index (κ1) is 26.2. The Bertz CT molecular complexity index is 969. The minimum absolute atomic E-state index is 0.0375. The molecule has 0 saturated heterocycles. The Labute approximate surface area is 207 Å². The van der Waals surface area contributed by atoms with E-state index in [2.05, 4.69) is 0 Å². The van der Waals surface area contributed by atoms with E-state index < -0.39 is 40.9 Å². The molecule has 4 aliphatic rings. The lowest BCUT2D eigenvalue weighted by Crippen LogP contribution is -2.62. The molecule has 4 aliphatic carbocycles. The monoisotopic (exact) mass is 489 g/mol. The number of ether oxygens (including phenoxy) is 1. The molecular formula is C27H39NO7. The van der Waals surface area contributed by atoms with Gasteiger partial charge >= 0.3 is 5.97 Å². The molecule has 0 aliphatic heterocycles. The van der Waals surface area contributed by atoms with Gasteiger partial charge in [0.2, 0.25) is 0 Å². The second kappa shape index (κ2) is 9.21. The molecule has 7 atom stereocenters. The molecular weight excluding hydrogens is 450 g/mol. The van der Waals surface area contributed by atoms with E-state index in [0.717, 1.165) is 5.57 Å². The van der Waals surface area contributed by atoms with Crippen LogP contribution >= 0.6 is 0 Å². The highest BCUT2D eigenvalue weighted by atomic mass is 16.5. The lowest BCUT2D eigenvalue weighted by atomic mass is 9.45. The number of Topliss-reactive ketones (excluding diaryl/α,β-unsaturated/α-hetero) is 1. The highest BCUT2D eigenvalue weighted by Crippen LogP contribution is 2.68. The van der Waals surface area contributed by atoms with Gasteiger partial charge in [0.1, 0.15) is 18.0 Å². The zero-order chi connectivity index (χ0) is 25.8. The number of hydrogen-bond donors (Lipinski definition) is 3. The van der Waals surface area contributed by atoms with Gasteiger partial charge in [0, 0.05) is 17.4 Å². The summed E-state index contributed by atoms with van der Waals surface area (Å²) in [6.07, 6.45) is 4.49. The van der Waals surface area contributed by atoms with Crippen molar-refractivity contribution < 1.29 is 34.4 Å². The van der Waals surface area contributed by atoms with Gasteiger partial charge in [0.15, 0.2) is 11.6 Å². The van der Waals surface area contributed by atoms with Gasteiger partial charge in [0.05, 0.1) is 18.1 Å². The van der Waals surface area contributed by atoms with E-state index in [1.807, 2.05) is 32.6 Å². The van der Waals surface area contributed by atoms with Crippen LogP contribution in [-0.2, 0) is 19.1 Å². The highest BCUT2D eigenvalue weighted by Gasteiger charge is 2.69. The minimum Gasteiger partial charge on any atom is -0.429 e. The van der Waals surface area contributed by atoms with E-state index in [4.69, 9.17) is 4.74 Å². The molecule has 3 N–H and O–H groups in total. The van der Waals surface area contributed by atoms with Crippen LogP contribution in [-0.4, -0.2) is 75.7 Å². The summed E-state index contributed by atoms with van der Waals surface area (Å²) in [4.78, 5) is 39.9. The molecule has 0 aromatic rings. The van der Waals surface area contributed by atoms with Gasteiger partial charge in [-0.05, 0) is 70.0 Å². The number of aliphatic hydroxyl groups excluding tert-OH is 2. The fourth-order valence-electron chi connectivity index (χ4n) is 7.91. The number of fused-ring (bicyclic) bond motifs is 5. The summed E-state index contributed by atoms with van der Waals surface area (Å²) in [5, 5.41) is 32.5. The maximum atomic E-state index is 12.8. The minimum atomic E-state index is -1.67. The average molecular weight is 490 g/mol. The summed E-state index contributed by atoms with van der Waals surface area (Å²) >= 11 is 0. The Morgan fingerprint density at radius 2 is 1.86 bits per heavy atom. The Morgan fingerprint density at radius 1 is 1.17 bits per heavy atom. The highest BCUT2D eigenvalue weighted by molar-refractivity contribution is 6.02. The summed E-state index contributed by atoms with van der Waals surface area (Å²) < 4.78 is 5.87. The van der Waals surface area contributed by atoms with E-state index >= 15 is 0 Å². The second-order valence-corrected chi connectivity index (χ2v) is 11.2. The summed E-state index contributed by atoms with van der Waals surface area (Å²) in [5.74, 6) is -1.37. The molecule has 0 bridgehead atoms.